The van der Waals surface area contributed by atoms with Gasteiger partial charge in [-0.2, -0.15) is 4.31 Å². The highest BCUT2D eigenvalue weighted by atomic mass is 35.5. The van der Waals surface area contributed by atoms with Gasteiger partial charge >= 0.3 is 0 Å². The molecule has 6 nitrogen and oxygen atoms in total. The van der Waals surface area contributed by atoms with Gasteiger partial charge in [-0.3, -0.25) is 0 Å². The normalized spacial score (nSPS) is 22.9. The summed E-state index contributed by atoms with van der Waals surface area (Å²) in [5.41, 5.74) is 0. The summed E-state index contributed by atoms with van der Waals surface area (Å²) in [7, 11) is -2.14. The molecular formula is C16H26Cl2N2O4S. The molecule has 3 atom stereocenters. The van der Waals surface area contributed by atoms with Crippen LogP contribution >= 0.6 is 24.0 Å². The van der Waals surface area contributed by atoms with Gasteiger partial charge in [-0.1, -0.05) is 11.6 Å². The first-order valence-electron chi connectivity index (χ1n) is 7.97. The minimum Gasteiger partial charge on any atom is -0.487 e. The highest BCUT2D eigenvalue weighted by Gasteiger charge is 2.36. The quantitative estimate of drug-likeness (QED) is 0.777. The van der Waals surface area contributed by atoms with E-state index in [1.807, 2.05) is 20.8 Å². The number of halogens is 2. The zero-order chi connectivity index (χ0) is 17.9. The lowest BCUT2D eigenvalue weighted by Gasteiger charge is -2.37. The average Bonchev–Trinajstić information content (AvgIpc) is 2.51. The van der Waals surface area contributed by atoms with Gasteiger partial charge in [-0.25, -0.2) is 8.42 Å². The van der Waals surface area contributed by atoms with Crippen LogP contribution in [-0.4, -0.2) is 57.7 Å². The molecule has 144 valence electrons. The lowest BCUT2D eigenvalue weighted by molar-refractivity contribution is 0.0899. The van der Waals surface area contributed by atoms with Crippen LogP contribution in [0.5, 0.6) is 5.75 Å². The molecule has 1 aromatic carbocycles. The smallest absolute Gasteiger partial charge is 0.247 e. The van der Waals surface area contributed by atoms with E-state index in [0.29, 0.717) is 30.5 Å². The fourth-order valence-corrected chi connectivity index (χ4v) is 4.85. The van der Waals surface area contributed by atoms with E-state index in [2.05, 4.69) is 5.32 Å². The lowest BCUT2D eigenvalue weighted by Crippen LogP contribution is -2.57. The molecule has 0 saturated carbocycles. The molecule has 25 heavy (non-hydrogen) atoms. The Balaban J connectivity index is 0.00000312. The van der Waals surface area contributed by atoms with Crippen molar-refractivity contribution in [1.29, 1.82) is 0 Å². The van der Waals surface area contributed by atoms with Crippen molar-refractivity contribution in [3.05, 3.63) is 23.2 Å². The maximum absolute atomic E-state index is 13.2. The van der Waals surface area contributed by atoms with Crippen LogP contribution in [0.15, 0.2) is 23.1 Å². The Morgan fingerprint density at radius 1 is 1.40 bits per heavy atom. The second-order valence-corrected chi connectivity index (χ2v) is 8.37. The summed E-state index contributed by atoms with van der Waals surface area (Å²) in [6.07, 6.45) is -0.274. The summed E-state index contributed by atoms with van der Waals surface area (Å²) in [5, 5.41) is 3.64. The summed E-state index contributed by atoms with van der Waals surface area (Å²) in [5.74, 6) is 0.294. The molecular weight excluding hydrogens is 387 g/mol. The van der Waals surface area contributed by atoms with Gasteiger partial charge in [0, 0.05) is 37.3 Å². The Bertz CT molecular complexity index is 672. The van der Waals surface area contributed by atoms with Crippen LogP contribution < -0.4 is 10.1 Å². The van der Waals surface area contributed by atoms with Gasteiger partial charge in [0.2, 0.25) is 10.0 Å². The summed E-state index contributed by atoms with van der Waals surface area (Å²) in [6.45, 7) is 7.08. The van der Waals surface area contributed by atoms with Crippen molar-refractivity contribution in [2.45, 2.75) is 43.9 Å². The van der Waals surface area contributed by atoms with Gasteiger partial charge < -0.3 is 14.8 Å². The highest BCUT2D eigenvalue weighted by Crippen LogP contribution is 2.32. The van der Waals surface area contributed by atoms with E-state index >= 15 is 0 Å². The second-order valence-electron chi connectivity index (χ2n) is 6.07. The molecule has 0 radical (unpaired) electrons. The van der Waals surface area contributed by atoms with Crippen LogP contribution in [0, 0.1) is 0 Å². The summed E-state index contributed by atoms with van der Waals surface area (Å²) < 4.78 is 38.7. The standard InChI is InChI=1S/C16H25ClN2O4S.ClH/c1-11(10-22-4)23-15-6-5-14(17)9-16(15)24(20,21)19-8-7-18-12(2)13(19)3;/h5-6,9,11-13,18H,7-8,10H2,1-4H3;1H. The fourth-order valence-electron chi connectivity index (χ4n) is 2.76. The predicted molar refractivity (Wildman–Crippen MR) is 101 cm³/mol. The van der Waals surface area contributed by atoms with Crippen molar-refractivity contribution in [1.82, 2.24) is 9.62 Å². The summed E-state index contributed by atoms with van der Waals surface area (Å²) in [4.78, 5) is 0.0962. The Hall–Kier alpha value is -0.570. The first kappa shape index (κ1) is 22.5. The van der Waals surface area contributed by atoms with Crippen LogP contribution in [0.3, 0.4) is 0 Å². The third-order valence-electron chi connectivity index (χ3n) is 4.20. The number of piperazine rings is 1. The molecule has 0 spiro atoms. The molecule has 1 saturated heterocycles. The molecule has 1 aliphatic heterocycles. The first-order chi connectivity index (χ1) is 11.3. The molecule has 1 N–H and O–H groups in total. The van der Waals surface area contributed by atoms with Crippen LogP contribution in [0.25, 0.3) is 0 Å². The Morgan fingerprint density at radius 3 is 2.72 bits per heavy atom. The van der Waals surface area contributed by atoms with Crippen LogP contribution in [0.1, 0.15) is 20.8 Å². The number of hydrogen-bond donors (Lipinski definition) is 1. The molecule has 0 aromatic heterocycles. The number of nitrogens with one attached hydrogen (secondary N) is 1. The maximum Gasteiger partial charge on any atom is 0.247 e. The molecule has 0 amide bonds. The van der Waals surface area contributed by atoms with Gasteiger partial charge in [0.05, 0.1) is 6.61 Å². The molecule has 1 heterocycles. The zero-order valence-electron chi connectivity index (χ0n) is 14.9. The lowest BCUT2D eigenvalue weighted by atomic mass is 10.1. The van der Waals surface area contributed by atoms with Crippen molar-refractivity contribution in [3.8, 4) is 5.75 Å². The first-order valence-corrected chi connectivity index (χ1v) is 9.79. The molecule has 9 heteroatoms. The van der Waals surface area contributed by atoms with Gasteiger partial charge in [-0.05, 0) is 39.0 Å². The fraction of sp³-hybridized carbons (Fsp3) is 0.625. The molecule has 1 aromatic rings. The van der Waals surface area contributed by atoms with Gasteiger partial charge in [0.1, 0.15) is 16.7 Å². The van der Waals surface area contributed by atoms with E-state index in [9.17, 15) is 8.42 Å². The number of nitrogens with zero attached hydrogens (tertiary/aromatic N) is 1. The number of rotatable bonds is 6. The minimum atomic E-state index is -3.71. The van der Waals surface area contributed by atoms with Crippen LogP contribution in [0.2, 0.25) is 5.02 Å². The van der Waals surface area contributed by atoms with E-state index < -0.39 is 10.0 Å². The van der Waals surface area contributed by atoms with Crippen LogP contribution in [-0.2, 0) is 14.8 Å². The third-order valence-corrected chi connectivity index (χ3v) is 6.44. The SMILES string of the molecule is COCC(C)Oc1ccc(Cl)cc1S(=O)(=O)N1CCNC(C)C1C.Cl. The Kier molecular flexibility index (Phi) is 8.44. The summed E-state index contributed by atoms with van der Waals surface area (Å²) in [6, 6.07) is 4.58. The molecule has 0 aliphatic carbocycles. The van der Waals surface area contributed by atoms with Crippen molar-refractivity contribution < 1.29 is 17.9 Å². The van der Waals surface area contributed by atoms with Gasteiger partial charge in [0.15, 0.2) is 0 Å². The summed E-state index contributed by atoms with van der Waals surface area (Å²) >= 11 is 6.05. The highest BCUT2D eigenvalue weighted by molar-refractivity contribution is 7.89. The molecule has 3 unspecified atom stereocenters. The van der Waals surface area contributed by atoms with Crippen molar-refractivity contribution in [2.24, 2.45) is 0 Å². The number of sulfonamides is 1. The monoisotopic (exact) mass is 412 g/mol. The number of benzene rings is 1. The van der Waals surface area contributed by atoms with E-state index in [4.69, 9.17) is 21.1 Å². The Labute approximate surface area is 161 Å². The predicted octanol–water partition coefficient (Wildman–Crippen LogP) is 2.55. The van der Waals surface area contributed by atoms with Gasteiger partial charge in [-0.15, -0.1) is 12.4 Å². The topological polar surface area (TPSA) is 67.9 Å². The van der Waals surface area contributed by atoms with Crippen molar-refractivity contribution in [3.63, 3.8) is 0 Å². The zero-order valence-corrected chi connectivity index (χ0v) is 17.2. The molecule has 1 fully saturated rings. The Morgan fingerprint density at radius 2 is 2.08 bits per heavy atom. The van der Waals surface area contributed by atoms with E-state index in [-0.39, 0.29) is 35.5 Å². The second kappa shape index (κ2) is 9.39. The van der Waals surface area contributed by atoms with Crippen molar-refractivity contribution in [2.75, 3.05) is 26.8 Å². The number of ether oxygens (including phenoxy) is 2. The van der Waals surface area contributed by atoms with Crippen molar-refractivity contribution >= 4 is 34.0 Å². The average molecular weight is 413 g/mol. The van der Waals surface area contributed by atoms with E-state index in [1.165, 1.54) is 10.4 Å². The third kappa shape index (κ3) is 5.21. The van der Waals surface area contributed by atoms with E-state index in [1.54, 1.807) is 19.2 Å². The minimum absolute atomic E-state index is 0. The van der Waals surface area contributed by atoms with Crippen LogP contribution in [0.4, 0.5) is 0 Å². The molecule has 0 bridgehead atoms. The number of methoxy groups -OCH3 is 1. The molecule has 2 rings (SSSR count). The van der Waals surface area contributed by atoms with Gasteiger partial charge in [0.25, 0.3) is 0 Å². The largest absolute Gasteiger partial charge is 0.487 e. The molecule has 1 aliphatic rings. The number of hydrogen-bond acceptors (Lipinski definition) is 5. The maximum atomic E-state index is 13.2. The van der Waals surface area contributed by atoms with E-state index in [0.717, 1.165) is 0 Å².